The Kier molecular flexibility index (Phi) is 9.45. The molecule has 0 saturated heterocycles. The molecular formula is C38H40N2O8. The van der Waals surface area contributed by atoms with E-state index in [0.717, 1.165) is 47.9 Å². The van der Waals surface area contributed by atoms with Gasteiger partial charge < -0.3 is 33.3 Å². The zero-order valence-electron chi connectivity index (χ0n) is 28.1. The number of carbonyl (C=O) groups excluding carboxylic acids is 2. The molecule has 4 aromatic rings. The molecule has 2 aliphatic heterocycles. The van der Waals surface area contributed by atoms with Crippen LogP contribution in [0.3, 0.4) is 0 Å². The molecule has 2 heterocycles. The van der Waals surface area contributed by atoms with Gasteiger partial charge in [-0.05, 0) is 91.5 Å². The summed E-state index contributed by atoms with van der Waals surface area (Å²) in [5.74, 6) is 4.13. The van der Waals surface area contributed by atoms with Crippen LogP contribution in [0.1, 0.15) is 49.0 Å². The van der Waals surface area contributed by atoms with Crippen LogP contribution in [0.15, 0.2) is 60.7 Å². The standard InChI is InChI=1S/C38H40N2O8/c1-39-15-14-26-20-34(45-5)36(46-6)37(48-33-21-28-25(19-32(33)44-4)13-16-40(2)38(28)42)35(26)29(39)17-23-7-10-27(11-8-23)47-30-12-9-24(22-41)18-31(30)43-3/h7-12,18-22,29H,13-17H2,1-6H3. The summed E-state index contributed by atoms with van der Waals surface area (Å²) in [6.45, 7) is 1.49. The number of benzene rings is 4. The van der Waals surface area contributed by atoms with Crippen molar-refractivity contribution >= 4 is 12.2 Å². The topological polar surface area (TPSA) is 96.0 Å². The van der Waals surface area contributed by atoms with E-state index in [2.05, 4.69) is 11.9 Å². The van der Waals surface area contributed by atoms with Gasteiger partial charge in [-0.15, -0.1) is 0 Å². The summed E-state index contributed by atoms with van der Waals surface area (Å²) in [6, 6.07) is 18.6. The highest BCUT2D eigenvalue weighted by Gasteiger charge is 2.34. The molecule has 1 unspecified atom stereocenters. The van der Waals surface area contributed by atoms with Crippen molar-refractivity contribution in [1.82, 2.24) is 9.80 Å². The highest BCUT2D eigenvalue weighted by molar-refractivity contribution is 5.97. The minimum absolute atomic E-state index is 0.0511. The smallest absolute Gasteiger partial charge is 0.254 e. The molecule has 0 aliphatic carbocycles. The van der Waals surface area contributed by atoms with E-state index in [9.17, 15) is 9.59 Å². The second-order valence-electron chi connectivity index (χ2n) is 12.0. The second-order valence-corrected chi connectivity index (χ2v) is 12.0. The van der Waals surface area contributed by atoms with Gasteiger partial charge in [0.1, 0.15) is 12.0 Å². The molecule has 10 nitrogen and oxygen atoms in total. The second kappa shape index (κ2) is 13.9. The maximum absolute atomic E-state index is 13.1. The predicted octanol–water partition coefficient (Wildman–Crippen LogP) is 6.52. The highest BCUT2D eigenvalue weighted by atomic mass is 16.5. The molecule has 0 spiro atoms. The molecular weight excluding hydrogens is 612 g/mol. The monoisotopic (exact) mass is 652 g/mol. The number of hydrogen-bond donors (Lipinski definition) is 0. The SMILES string of the molecule is COc1cc(C=O)ccc1Oc1ccc(CC2c3c(cc(OC)c(OC)c3Oc3cc4c(cc3OC)CCN(C)C4=O)CCN2C)cc1. The lowest BCUT2D eigenvalue weighted by Crippen LogP contribution is -2.34. The third kappa shape index (κ3) is 6.23. The van der Waals surface area contributed by atoms with Crippen molar-refractivity contribution in [1.29, 1.82) is 0 Å². The number of ether oxygens (including phenoxy) is 6. The first-order valence-electron chi connectivity index (χ1n) is 15.8. The Morgan fingerprint density at radius 2 is 1.40 bits per heavy atom. The van der Waals surface area contributed by atoms with Gasteiger partial charge in [-0.25, -0.2) is 0 Å². The summed E-state index contributed by atoms with van der Waals surface area (Å²) < 4.78 is 35.8. The average Bonchev–Trinajstić information content (AvgIpc) is 3.11. The molecule has 0 fully saturated rings. The zero-order chi connectivity index (χ0) is 33.9. The molecule has 10 heteroatoms. The fourth-order valence-electron chi connectivity index (χ4n) is 6.47. The first kappa shape index (κ1) is 32.7. The maximum Gasteiger partial charge on any atom is 0.254 e. The number of methoxy groups -OCH3 is 4. The molecule has 2 aliphatic rings. The summed E-state index contributed by atoms with van der Waals surface area (Å²) in [4.78, 5) is 28.3. The van der Waals surface area contributed by atoms with Crippen LogP contribution in [0.25, 0.3) is 0 Å². The zero-order valence-corrected chi connectivity index (χ0v) is 28.1. The van der Waals surface area contributed by atoms with E-state index in [1.54, 1.807) is 64.7 Å². The number of carbonyl (C=O) groups is 2. The van der Waals surface area contributed by atoms with E-state index in [0.29, 0.717) is 70.1 Å². The summed E-state index contributed by atoms with van der Waals surface area (Å²) in [7, 11) is 10.3. The van der Waals surface area contributed by atoms with Gasteiger partial charge in [-0.2, -0.15) is 0 Å². The Balaban J connectivity index is 1.36. The van der Waals surface area contributed by atoms with E-state index in [1.165, 1.54) is 0 Å². The van der Waals surface area contributed by atoms with Gasteiger partial charge in [0.25, 0.3) is 5.91 Å². The van der Waals surface area contributed by atoms with Gasteiger partial charge in [0.2, 0.25) is 5.75 Å². The number of likely N-dealkylation sites (N-methyl/N-ethyl adjacent to an activating group) is 2. The van der Waals surface area contributed by atoms with E-state index in [1.807, 2.05) is 36.4 Å². The molecule has 250 valence electrons. The van der Waals surface area contributed by atoms with Crippen LogP contribution in [0.4, 0.5) is 0 Å². The highest BCUT2D eigenvalue weighted by Crippen LogP contribution is 2.51. The largest absolute Gasteiger partial charge is 0.493 e. The van der Waals surface area contributed by atoms with E-state index in [-0.39, 0.29) is 11.9 Å². The Morgan fingerprint density at radius 1 is 0.708 bits per heavy atom. The molecule has 0 radical (unpaired) electrons. The molecule has 0 aromatic heterocycles. The summed E-state index contributed by atoms with van der Waals surface area (Å²) in [5, 5.41) is 0. The molecule has 0 bridgehead atoms. The van der Waals surface area contributed by atoms with Gasteiger partial charge in [0.05, 0.1) is 28.4 Å². The molecule has 0 saturated carbocycles. The van der Waals surface area contributed by atoms with Gasteiger partial charge in [0.15, 0.2) is 34.5 Å². The first-order valence-corrected chi connectivity index (χ1v) is 15.8. The fourth-order valence-corrected chi connectivity index (χ4v) is 6.47. The van der Waals surface area contributed by atoms with Crippen molar-refractivity contribution < 1.29 is 38.0 Å². The minimum Gasteiger partial charge on any atom is -0.493 e. The lowest BCUT2D eigenvalue weighted by Gasteiger charge is -2.37. The van der Waals surface area contributed by atoms with Crippen molar-refractivity contribution in [3.05, 3.63) is 94.0 Å². The lowest BCUT2D eigenvalue weighted by atomic mass is 9.87. The van der Waals surface area contributed by atoms with E-state index in [4.69, 9.17) is 28.4 Å². The van der Waals surface area contributed by atoms with Gasteiger partial charge in [0, 0.05) is 42.9 Å². The third-order valence-electron chi connectivity index (χ3n) is 9.15. The van der Waals surface area contributed by atoms with Crippen molar-refractivity contribution in [3.8, 4) is 46.0 Å². The summed E-state index contributed by atoms with van der Waals surface area (Å²) >= 11 is 0. The number of nitrogens with zero attached hydrogens (tertiary/aromatic N) is 2. The van der Waals surface area contributed by atoms with E-state index >= 15 is 0 Å². The number of amides is 1. The Labute approximate surface area is 280 Å². The number of fused-ring (bicyclic) bond motifs is 2. The Hall–Kier alpha value is -5.22. The fraction of sp³-hybridized carbons (Fsp3) is 0.316. The predicted molar refractivity (Wildman–Crippen MR) is 181 cm³/mol. The first-order chi connectivity index (χ1) is 23.3. The molecule has 1 amide bonds. The lowest BCUT2D eigenvalue weighted by molar-refractivity contribution is 0.0780. The minimum atomic E-state index is -0.0670. The van der Waals surface area contributed by atoms with E-state index < -0.39 is 0 Å². The molecule has 0 N–H and O–H groups in total. The Bertz CT molecular complexity index is 1840. The Morgan fingerprint density at radius 3 is 2.08 bits per heavy atom. The van der Waals surface area contributed by atoms with Crippen molar-refractivity contribution in [2.75, 3.05) is 55.6 Å². The van der Waals surface area contributed by atoms with Crippen LogP contribution in [0, 0.1) is 0 Å². The number of aldehydes is 1. The number of hydrogen-bond acceptors (Lipinski definition) is 9. The van der Waals surface area contributed by atoms with Crippen LogP contribution in [-0.2, 0) is 19.3 Å². The van der Waals surface area contributed by atoms with Crippen molar-refractivity contribution in [2.45, 2.75) is 25.3 Å². The summed E-state index contributed by atoms with van der Waals surface area (Å²) in [6.07, 6.45) is 2.98. The third-order valence-corrected chi connectivity index (χ3v) is 9.15. The van der Waals surface area contributed by atoms with Crippen LogP contribution in [0.2, 0.25) is 0 Å². The quantitative estimate of drug-likeness (QED) is 0.168. The average molecular weight is 653 g/mol. The normalized spacial score (nSPS) is 15.7. The van der Waals surface area contributed by atoms with Crippen LogP contribution in [-0.4, -0.2) is 77.6 Å². The van der Waals surface area contributed by atoms with Crippen LogP contribution >= 0.6 is 0 Å². The maximum atomic E-state index is 13.1. The van der Waals surface area contributed by atoms with Gasteiger partial charge in [-0.1, -0.05) is 12.1 Å². The van der Waals surface area contributed by atoms with Crippen LogP contribution < -0.4 is 28.4 Å². The summed E-state index contributed by atoms with van der Waals surface area (Å²) in [5.41, 5.74) is 5.23. The van der Waals surface area contributed by atoms with Crippen LogP contribution in [0.5, 0.6) is 46.0 Å². The van der Waals surface area contributed by atoms with Gasteiger partial charge >= 0.3 is 0 Å². The van der Waals surface area contributed by atoms with Gasteiger partial charge in [-0.3, -0.25) is 14.5 Å². The van der Waals surface area contributed by atoms with Crippen molar-refractivity contribution in [3.63, 3.8) is 0 Å². The molecule has 48 heavy (non-hydrogen) atoms. The molecule has 4 aromatic carbocycles. The molecule has 6 rings (SSSR count). The van der Waals surface area contributed by atoms with Crippen molar-refractivity contribution in [2.24, 2.45) is 0 Å². The number of rotatable bonds is 11. The molecule has 1 atom stereocenters.